The van der Waals surface area contributed by atoms with Crippen molar-refractivity contribution in [2.24, 2.45) is 5.10 Å². The molecule has 3 aromatic heterocycles. The molecule has 1 aliphatic carbocycles. The lowest BCUT2D eigenvalue weighted by molar-refractivity contribution is 0.0226. The van der Waals surface area contributed by atoms with Crippen molar-refractivity contribution < 1.29 is 17.9 Å². The molecule has 0 saturated carbocycles. The molecule has 176 valence electrons. The lowest BCUT2D eigenvalue weighted by atomic mass is 9.95. The second kappa shape index (κ2) is 8.52. The fraction of sp³-hybridized carbons (Fsp3) is 0.318. The van der Waals surface area contributed by atoms with E-state index in [0.29, 0.717) is 35.7 Å². The minimum atomic E-state index is -3.62. The zero-order valence-corrected chi connectivity index (χ0v) is 18.5. The number of allylic oxidation sites excluding steroid dienone is 5. The number of hydrogen-bond donors (Lipinski definition) is 0. The third-order valence-electron chi connectivity index (χ3n) is 5.47. The van der Waals surface area contributed by atoms with Crippen LogP contribution in [0.3, 0.4) is 0 Å². The summed E-state index contributed by atoms with van der Waals surface area (Å²) in [4.78, 5) is 0. The average Bonchev–Trinajstić information content (AvgIpc) is 3.43. The summed E-state index contributed by atoms with van der Waals surface area (Å²) < 4.78 is 53.8. The van der Waals surface area contributed by atoms with Crippen molar-refractivity contribution in [2.45, 2.75) is 25.3 Å². The van der Waals surface area contributed by atoms with E-state index in [1.807, 2.05) is 0 Å². The number of nitrogens with zero attached hydrogens (tertiary/aromatic N) is 8. The van der Waals surface area contributed by atoms with Crippen molar-refractivity contribution in [3.8, 4) is 11.3 Å². The first-order valence-corrected chi connectivity index (χ1v) is 10.5. The molecule has 0 unspecified atom stereocenters. The van der Waals surface area contributed by atoms with Crippen molar-refractivity contribution in [2.75, 3.05) is 20.8 Å². The summed E-state index contributed by atoms with van der Waals surface area (Å²) in [6.07, 6.45) is 7.17. The lowest BCUT2D eigenvalue weighted by Gasteiger charge is -2.23. The van der Waals surface area contributed by atoms with E-state index >= 15 is 8.78 Å². The second-order valence-corrected chi connectivity index (χ2v) is 8.05. The Morgan fingerprint density at radius 1 is 1.15 bits per heavy atom. The van der Waals surface area contributed by atoms with Gasteiger partial charge in [-0.25, -0.2) is 4.39 Å². The molecule has 9 nitrogen and oxygen atoms in total. The average molecular weight is 470 g/mol. The molecule has 0 atom stereocenters. The zero-order chi connectivity index (χ0) is 23.9. The normalized spacial score (nSPS) is 19.6. The molecule has 12 heteroatoms. The first kappa shape index (κ1) is 22.0. The Morgan fingerprint density at radius 3 is 2.82 bits per heavy atom. The molecule has 2 bridgehead atoms. The van der Waals surface area contributed by atoms with E-state index in [2.05, 4.69) is 25.5 Å². The molecule has 1 aliphatic heterocycles. The SMILES string of the molecule is COCCn1cc(-c2ccc3nnc(C(F)(F)/C4=C/C5=CN(C)N=C(/C=C(/F)C4)C5)n3n2)cn1. The minimum Gasteiger partial charge on any atom is -0.383 e. The van der Waals surface area contributed by atoms with Crippen LogP contribution in [0.5, 0.6) is 0 Å². The van der Waals surface area contributed by atoms with Gasteiger partial charge in [-0.3, -0.25) is 9.69 Å². The van der Waals surface area contributed by atoms with Crippen LogP contribution in [0.1, 0.15) is 18.7 Å². The van der Waals surface area contributed by atoms with Crippen LogP contribution in [0.15, 0.2) is 65.0 Å². The summed E-state index contributed by atoms with van der Waals surface area (Å²) in [7, 11) is 3.25. The molecule has 0 aromatic carbocycles. The van der Waals surface area contributed by atoms with Crippen LogP contribution in [0.25, 0.3) is 16.9 Å². The van der Waals surface area contributed by atoms with E-state index in [-0.39, 0.29) is 12.1 Å². The Hall–Kier alpha value is -3.80. The van der Waals surface area contributed by atoms with E-state index in [1.165, 1.54) is 17.2 Å². The monoisotopic (exact) mass is 470 g/mol. The third kappa shape index (κ3) is 4.12. The van der Waals surface area contributed by atoms with Gasteiger partial charge in [0.1, 0.15) is 5.83 Å². The summed E-state index contributed by atoms with van der Waals surface area (Å²) >= 11 is 0. The van der Waals surface area contributed by atoms with E-state index < -0.39 is 29.6 Å². The summed E-state index contributed by atoms with van der Waals surface area (Å²) in [5.74, 6) is -5.01. The molecule has 0 radical (unpaired) electrons. The van der Waals surface area contributed by atoms with E-state index in [0.717, 1.165) is 4.52 Å². The predicted molar refractivity (Wildman–Crippen MR) is 118 cm³/mol. The van der Waals surface area contributed by atoms with Gasteiger partial charge in [-0.1, -0.05) is 6.08 Å². The summed E-state index contributed by atoms with van der Waals surface area (Å²) in [5.41, 5.74) is 1.85. The van der Waals surface area contributed by atoms with Crippen LogP contribution >= 0.6 is 0 Å². The Morgan fingerprint density at radius 2 is 2.00 bits per heavy atom. The molecule has 0 fully saturated rings. The fourth-order valence-corrected chi connectivity index (χ4v) is 3.91. The Balaban J connectivity index is 1.53. The lowest BCUT2D eigenvalue weighted by Crippen LogP contribution is -2.24. The van der Waals surface area contributed by atoms with Crippen LogP contribution in [-0.4, -0.2) is 61.1 Å². The number of aromatic nitrogens is 6. The van der Waals surface area contributed by atoms with Gasteiger partial charge in [-0.2, -0.15) is 28.6 Å². The van der Waals surface area contributed by atoms with Gasteiger partial charge in [-0.15, -0.1) is 10.2 Å². The number of hydrogen-bond acceptors (Lipinski definition) is 7. The summed E-state index contributed by atoms with van der Waals surface area (Å²) in [5, 5.41) is 21.8. The minimum absolute atomic E-state index is 0.152. The second-order valence-electron chi connectivity index (χ2n) is 8.05. The Kier molecular flexibility index (Phi) is 5.52. The number of rotatable bonds is 6. The van der Waals surface area contributed by atoms with E-state index in [9.17, 15) is 4.39 Å². The molecule has 0 amide bonds. The topological polar surface area (TPSA) is 85.7 Å². The van der Waals surface area contributed by atoms with Crippen LogP contribution in [0.4, 0.5) is 13.2 Å². The predicted octanol–water partition coefficient (Wildman–Crippen LogP) is 3.48. The summed E-state index contributed by atoms with van der Waals surface area (Å²) in [6.45, 7) is 1.02. The molecule has 3 aromatic rings. The standard InChI is InChI=1S/C22H21F3N8O/c1-31-12-14-7-16(9-17(23)10-18(8-14)29-31)22(24,25)21-28-27-20-4-3-19(30-33(20)21)15-11-26-32(13-15)5-6-34-2/h3-4,7,10-13H,5-6,8-9H2,1-2H3/b16-7+,17-10+. The Bertz CT molecular complexity index is 1370. The number of fused-ring (bicyclic) bond motifs is 3. The van der Waals surface area contributed by atoms with Crippen LogP contribution < -0.4 is 0 Å². The zero-order valence-electron chi connectivity index (χ0n) is 18.5. The van der Waals surface area contributed by atoms with E-state index in [4.69, 9.17) is 4.74 Å². The molecular formula is C22H21F3N8O. The molecule has 5 rings (SSSR count). The molecule has 0 N–H and O–H groups in total. The van der Waals surface area contributed by atoms with Gasteiger partial charge in [0, 0.05) is 50.5 Å². The smallest absolute Gasteiger partial charge is 0.330 e. The molecule has 2 aliphatic rings. The molecule has 0 saturated heterocycles. The molecule has 0 spiro atoms. The molecule has 34 heavy (non-hydrogen) atoms. The van der Waals surface area contributed by atoms with Crippen LogP contribution in [0.2, 0.25) is 0 Å². The maximum Gasteiger partial charge on any atom is 0.330 e. The van der Waals surface area contributed by atoms with Gasteiger partial charge < -0.3 is 4.74 Å². The van der Waals surface area contributed by atoms with Crippen LogP contribution in [-0.2, 0) is 17.2 Å². The maximum absolute atomic E-state index is 15.8. The van der Waals surface area contributed by atoms with Crippen molar-refractivity contribution in [3.05, 3.63) is 65.7 Å². The summed E-state index contributed by atoms with van der Waals surface area (Å²) in [6, 6.07) is 3.21. The van der Waals surface area contributed by atoms with Crippen molar-refractivity contribution in [1.29, 1.82) is 0 Å². The van der Waals surface area contributed by atoms with Crippen molar-refractivity contribution >= 4 is 11.4 Å². The van der Waals surface area contributed by atoms with Gasteiger partial charge >= 0.3 is 5.92 Å². The number of ether oxygens (including phenoxy) is 1. The van der Waals surface area contributed by atoms with Gasteiger partial charge in [0.05, 0.1) is 30.8 Å². The van der Waals surface area contributed by atoms with Crippen molar-refractivity contribution in [1.82, 2.24) is 34.6 Å². The quantitative estimate of drug-likeness (QED) is 0.548. The van der Waals surface area contributed by atoms with Crippen molar-refractivity contribution in [3.63, 3.8) is 0 Å². The van der Waals surface area contributed by atoms with Gasteiger partial charge in [0.25, 0.3) is 0 Å². The van der Waals surface area contributed by atoms with Crippen LogP contribution in [0, 0.1) is 0 Å². The molecular weight excluding hydrogens is 449 g/mol. The molecule has 4 heterocycles. The highest BCUT2D eigenvalue weighted by molar-refractivity contribution is 5.98. The first-order valence-electron chi connectivity index (χ1n) is 10.5. The largest absolute Gasteiger partial charge is 0.383 e. The number of hydrazone groups is 1. The van der Waals surface area contributed by atoms with Gasteiger partial charge in [0.15, 0.2) is 5.65 Å². The Labute approximate surface area is 192 Å². The third-order valence-corrected chi connectivity index (χ3v) is 5.47. The number of alkyl halides is 2. The highest BCUT2D eigenvalue weighted by Crippen LogP contribution is 2.40. The number of methoxy groups -OCH3 is 1. The highest BCUT2D eigenvalue weighted by Gasteiger charge is 2.43. The maximum atomic E-state index is 15.8. The fourth-order valence-electron chi connectivity index (χ4n) is 3.91. The number of halogens is 3. The van der Waals surface area contributed by atoms with E-state index in [1.54, 1.807) is 49.6 Å². The van der Waals surface area contributed by atoms with Gasteiger partial charge in [0.2, 0.25) is 5.82 Å². The first-order chi connectivity index (χ1) is 16.3. The van der Waals surface area contributed by atoms with Gasteiger partial charge in [-0.05, 0) is 23.8 Å². The highest BCUT2D eigenvalue weighted by atomic mass is 19.3.